The van der Waals surface area contributed by atoms with E-state index in [1.807, 2.05) is 54.6 Å². The lowest BCUT2D eigenvalue weighted by Gasteiger charge is -2.38. The van der Waals surface area contributed by atoms with Crippen LogP contribution < -0.4 is 10.1 Å². The van der Waals surface area contributed by atoms with E-state index in [0.29, 0.717) is 19.5 Å². The number of benzene rings is 2. The van der Waals surface area contributed by atoms with E-state index in [1.165, 1.54) is 0 Å². The fourth-order valence-electron chi connectivity index (χ4n) is 2.26. The van der Waals surface area contributed by atoms with Crippen molar-refractivity contribution in [2.45, 2.75) is 12.0 Å². The lowest BCUT2D eigenvalue weighted by Crippen LogP contribution is -2.60. The SMILES string of the molecule is OC1(Cc2ccccc2Oc2ccccc2)CNC1. The molecule has 2 N–H and O–H groups in total. The average molecular weight is 255 g/mol. The molecule has 3 rings (SSSR count). The summed E-state index contributed by atoms with van der Waals surface area (Å²) in [7, 11) is 0. The summed E-state index contributed by atoms with van der Waals surface area (Å²) in [5, 5.41) is 13.3. The van der Waals surface area contributed by atoms with Crippen molar-refractivity contribution < 1.29 is 9.84 Å². The number of para-hydroxylation sites is 2. The number of hydrogen-bond acceptors (Lipinski definition) is 3. The Kier molecular flexibility index (Phi) is 3.23. The van der Waals surface area contributed by atoms with Crippen LogP contribution in [0.25, 0.3) is 0 Å². The van der Waals surface area contributed by atoms with Crippen LogP contribution >= 0.6 is 0 Å². The maximum absolute atomic E-state index is 10.2. The van der Waals surface area contributed by atoms with Crippen molar-refractivity contribution in [1.29, 1.82) is 0 Å². The molecule has 0 radical (unpaired) electrons. The molecule has 3 nitrogen and oxygen atoms in total. The molecule has 19 heavy (non-hydrogen) atoms. The van der Waals surface area contributed by atoms with E-state index < -0.39 is 5.60 Å². The Morgan fingerprint density at radius 3 is 2.37 bits per heavy atom. The van der Waals surface area contributed by atoms with E-state index in [0.717, 1.165) is 17.1 Å². The number of β-amino-alcohol motifs (C(OH)–C–C–N with tert-alkyl or cyclic N) is 1. The third-order valence-electron chi connectivity index (χ3n) is 3.37. The second kappa shape index (κ2) is 5.03. The Bertz CT molecular complexity index is 550. The zero-order valence-corrected chi connectivity index (χ0v) is 10.7. The second-order valence-corrected chi connectivity index (χ2v) is 5.03. The van der Waals surface area contributed by atoms with Gasteiger partial charge in [-0.15, -0.1) is 0 Å². The molecule has 0 aromatic heterocycles. The maximum atomic E-state index is 10.2. The van der Waals surface area contributed by atoms with Gasteiger partial charge in [-0.1, -0.05) is 36.4 Å². The van der Waals surface area contributed by atoms with Gasteiger partial charge in [-0.3, -0.25) is 0 Å². The average Bonchev–Trinajstić information content (AvgIpc) is 2.40. The summed E-state index contributed by atoms with van der Waals surface area (Å²) in [6.45, 7) is 1.29. The van der Waals surface area contributed by atoms with Gasteiger partial charge < -0.3 is 15.2 Å². The zero-order chi connectivity index (χ0) is 13.1. The minimum absolute atomic E-state index is 0.614. The van der Waals surface area contributed by atoms with Crippen LogP contribution in [0.2, 0.25) is 0 Å². The molecule has 0 unspecified atom stereocenters. The lowest BCUT2D eigenvalue weighted by molar-refractivity contribution is -0.00936. The van der Waals surface area contributed by atoms with Gasteiger partial charge in [0.05, 0.1) is 5.60 Å². The molecule has 2 aromatic rings. The van der Waals surface area contributed by atoms with Gasteiger partial charge in [0, 0.05) is 19.5 Å². The van der Waals surface area contributed by atoms with E-state index in [-0.39, 0.29) is 0 Å². The van der Waals surface area contributed by atoms with E-state index in [9.17, 15) is 5.11 Å². The van der Waals surface area contributed by atoms with Crippen molar-refractivity contribution in [2.75, 3.05) is 13.1 Å². The van der Waals surface area contributed by atoms with E-state index >= 15 is 0 Å². The molecule has 1 fully saturated rings. The Labute approximate surface area is 112 Å². The van der Waals surface area contributed by atoms with Crippen LogP contribution in [0.15, 0.2) is 54.6 Å². The molecule has 0 bridgehead atoms. The zero-order valence-electron chi connectivity index (χ0n) is 10.7. The highest BCUT2D eigenvalue weighted by Gasteiger charge is 2.34. The fraction of sp³-hybridized carbons (Fsp3) is 0.250. The highest BCUT2D eigenvalue weighted by Crippen LogP contribution is 2.29. The van der Waals surface area contributed by atoms with E-state index in [4.69, 9.17) is 4.74 Å². The Hall–Kier alpha value is -1.84. The molecule has 1 heterocycles. The van der Waals surface area contributed by atoms with Crippen molar-refractivity contribution in [3.05, 3.63) is 60.2 Å². The normalized spacial score (nSPS) is 16.7. The van der Waals surface area contributed by atoms with Crippen LogP contribution in [0, 0.1) is 0 Å². The third kappa shape index (κ3) is 2.78. The van der Waals surface area contributed by atoms with Crippen LogP contribution in [0.3, 0.4) is 0 Å². The summed E-state index contributed by atoms with van der Waals surface area (Å²) in [6, 6.07) is 17.6. The summed E-state index contributed by atoms with van der Waals surface area (Å²) >= 11 is 0. The monoisotopic (exact) mass is 255 g/mol. The van der Waals surface area contributed by atoms with Gasteiger partial charge in [0.25, 0.3) is 0 Å². The van der Waals surface area contributed by atoms with Crippen LogP contribution in [-0.2, 0) is 6.42 Å². The molecule has 0 aliphatic carbocycles. The van der Waals surface area contributed by atoms with Gasteiger partial charge in [0.15, 0.2) is 0 Å². The van der Waals surface area contributed by atoms with Crippen molar-refractivity contribution in [3.63, 3.8) is 0 Å². The molecule has 0 saturated carbocycles. The largest absolute Gasteiger partial charge is 0.457 e. The standard InChI is InChI=1S/C16H17NO2/c18-16(11-17-12-16)10-13-6-4-5-9-15(13)19-14-7-2-1-3-8-14/h1-9,17-18H,10-12H2. The summed E-state index contributed by atoms with van der Waals surface area (Å²) in [5.74, 6) is 1.63. The first-order valence-electron chi connectivity index (χ1n) is 6.49. The predicted molar refractivity (Wildman–Crippen MR) is 74.5 cm³/mol. The maximum Gasteiger partial charge on any atom is 0.130 e. The van der Waals surface area contributed by atoms with Crippen molar-refractivity contribution in [3.8, 4) is 11.5 Å². The van der Waals surface area contributed by atoms with Crippen molar-refractivity contribution in [1.82, 2.24) is 5.32 Å². The van der Waals surface area contributed by atoms with Gasteiger partial charge in [0.1, 0.15) is 11.5 Å². The van der Waals surface area contributed by atoms with Crippen LogP contribution in [0.4, 0.5) is 0 Å². The molecule has 1 aliphatic rings. The van der Waals surface area contributed by atoms with Gasteiger partial charge >= 0.3 is 0 Å². The third-order valence-corrected chi connectivity index (χ3v) is 3.37. The molecule has 98 valence electrons. The summed E-state index contributed by atoms with van der Waals surface area (Å²) < 4.78 is 5.89. The minimum atomic E-state index is -0.629. The predicted octanol–water partition coefficient (Wildman–Crippen LogP) is 2.36. The molecule has 3 heteroatoms. The van der Waals surface area contributed by atoms with Gasteiger partial charge in [0.2, 0.25) is 0 Å². The first kappa shape index (κ1) is 12.2. The van der Waals surface area contributed by atoms with Crippen LogP contribution in [0.5, 0.6) is 11.5 Å². The highest BCUT2D eigenvalue weighted by molar-refractivity contribution is 5.39. The lowest BCUT2D eigenvalue weighted by atomic mass is 9.89. The van der Waals surface area contributed by atoms with Crippen molar-refractivity contribution in [2.24, 2.45) is 0 Å². The fourth-order valence-corrected chi connectivity index (χ4v) is 2.26. The highest BCUT2D eigenvalue weighted by atomic mass is 16.5. The first-order chi connectivity index (χ1) is 9.25. The van der Waals surface area contributed by atoms with Crippen molar-refractivity contribution >= 4 is 0 Å². The number of aliphatic hydroxyl groups is 1. The smallest absolute Gasteiger partial charge is 0.130 e. The molecular weight excluding hydrogens is 238 g/mol. The van der Waals surface area contributed by atoms with E-state index in [1.54, 1.807) is 0 Å². The molecule has 0 amide bonds. The number of ether oxygens (including phenoxy) is 1. The topological polar surface area (TPSA) is 41.5 Å². The molecule has 1 saturated heterocycles. The van der Waals surface area contributed by atoms with Crippen LogP contribution in [0.1, 0.15) is 5.56 Å². The van der Waals surface area contributed by atoms with Gasteiger partial charge in [-0.25, -0.2) is 0 Å². The molecule has 0 spiro atoms. The Morgan fingerprint density at radius 2 is 1.68 bits per heavy atom. The van der Waals surface area contributed by atoms with Crippen LogP contribution in [-0.4, -0.2) is 23.8 Å². The first-order valence-corrected chi connectivity index (χ1v) is 6.49. The number of rotatable bonds is 4. The minimum Gasteiger partial charge on any atom is -0.457 e. The Balaban J connectivity index is 1.81. The number of nitrogens with one attached hydrogen (secondary N) is 1. The molecule has 1 aliphatic heterocycles. The Morgan fingerprint density at radius 1 is 1.00 bits per heavy atom. The number of hydrogen-bond donors (Lipinski definition) is 2. The molecule has 0 atom stereocenters. The summed E-state index contributed by atoms with van der Waals surface area (Å²) in [4.78, 5) is 0. The van der Waals surface area contributed by atoms with Gasteiger partial charge in [-0.2, -0.15) is 0 Å². The van der Waals surface area contributed by atoms with E-state index in [2.05, 4.69) is 5.32 Å². The summed E-state index contributed by atoms with van der Waals surface area (Å²) in [6.07, 6.45) is 0.614. The second-order valence-electron chi connectivity index (χ2n) is 5.03. The van der Waals surface area contributed by atoms with Gasteiger partial charge in [-0.05, 0) is 23.8 Å². The summed E-state index contributed by atoms with van der Waals surface area (Å²) in [5.41, 5.74) is 0.409. The quantitative estimate of drug-likeness (QED) is 0.881. The molecule has 2 aromatic carbocycles. The molecular formula is C16H17NO2.